The molecular formula is C8H12N6. The van der Waals surface area contributed by atoms with E-state index in [-0.39, 0.29) is 0 Å². The van der Waals surface area contributed by atoms with Crippen LogP contribution in [0.2, 0.25) is 0 Å². The molecule has 2 heterocycles. The Bertz CT molecular complexity index is 440. The van der Waals surface area contributed by atoms with Gasteiger partial charge in [0.15, 0.2) is 0 Å². The van der Waals surface area contributed by atoms with Gasteiger partial charge in [-0.3, -0.25) is 4.68 Å². The summed E-state index contributed by atoms with van der Waals surface area (Å²) in [7, 11) is 1.87. The fourth-order valence-electron chi connectivity index (χ4n) is 1.39. The topological polar surface area (TPSA) is 74.5 Å². The third-order valence-corrected chi connectivity index (χ3v) is 2.04. The van der Waals surface area contributed by atoms with E-state index in [1.165, 1.54) is 0 Å². The van der Waals surface area contributed by atoms with Crippen molar-refractivity contribution in [2.45, 2.75) is 13.5 Å². The average Bonchev–Trinajstić information content (AvgIpc) is 2.71. The predicted octanol–water partition coefficient (Wildman–Crippen LogP) is -0.232. The van der Waals surface area contributed by atoms with Crippen LogP contribution in [0.1, 0.15) is 11.4 Å². The third kappa shape index (κ3) is 1.29. The van der Waals surface area contributed by atoms with Gasteiger partial charge < -0.3 is 5.73 Å². The van der Waals surface area contributed by atoms with Crippen LogP contribution in [-0.4, -0.2) is 24.8 Å². The minimum Gasteiger partial charge on any atom is -0.325 e. The fourth-order valence-corrected chi connectivity index (χ4v) is 1.39. The summed E-state index contributed by atoms with van der Waals surface area (Å²) >= 11 is 0. The molecule has 74 valence electrons. The molecule has 0 bridgehead atoms. The van der Waals surface area contributed by atoms with Crippen molar-refractivity contribution >= 4 is 0 Å². The predicted molar refractivity (Wildman–Crippen MR) is 50.8 cm³/mol. The van der Waals surface area contributed by atoms with Crippen molar-refractivity contribution in [2.75, 3.05) is 0 Å². The molecule has 0 radical (unpaired) electrons. The lowest BCUT2D eigenvalue weighted by molar-refractivity contribution is 0.751. The first-order valence-electron chi connectivity index (χ1n) is 4.32. The van der Waals surface area contributed by atoms with Gasteiger partial charge in [-0.15, -0.1) is 5.10 Å². The van der Waals surface area contributed by atoms with Crippen LogP contribution >= 0.6 is 0 Å². The largest absolute Gasteiger partial charge is 0.325 e. The van der Waals surface area contributed by atoms with Gasteiger partial charge in [0.1, 0.15) is 5.69 Å². The monoisotopic (exact) mass is 192 g/mol. The second kappa shape index (κ2) is 3.22. The molecule has 0 aromatic carbocycles. The van der Waals surface area contributed by atoms with Crippen LogP contribution < -0.4 is 5.73 Å². The van der Waals surface area contributed by atoms with Crippen LogP contribution in [0.5, 0.6) is 0 Å². The molecule has 14 heavy (non-hydrogen) atoms. The zero-order chi connectivity index (χ0) is 10.1. The van der Waals surface area contributed by atoms with E-state index in [1.54, 1.807) is 15.6 Å². The zero-order valence-corrected chi connectivity index (χ0v) is 8.18. The van der Waals surface area contributed by atoms with Crippen LogP contribution in [0.4, 0.5) is 0 Å². The molecule has 0 aliphatic rings. The molecule has 0 spiro atoms. The molecule has 2 aromatic rings. The van der Waals surface area contributed by atoms with Crippen molar-refractivity contribution in [3.63, 3.8) is 0 Å². The normalized spacial score (nSPS) is 10.8. The molecule has 0 saturated heterocycles. The van der Waals surface area contributed by atoms with E-state index < -0.39 is 0 Å². The number of hydrogen-bond acceptors (Lipinski definition) is 4. The Balaban J connectivity index is 2.53. The third-order valence-electron chi connectivity index (χ3n) is 2.04. The highest BCUT2D eigenvalue weighted by Gasteiger charge is 2.09. The Morgan fingerprint density at radius 1 is 1.50 bits per heavy atom. The van der Waals surface area contributed by atoms with Gasteiger partial charge in [0.2, 0.25) is 0 Å². The van der Waals surface area contributed by atoms with Gasteiger partial charge in [0.05, 0.1) is 23.8 Å². The molecule has 2 N–H and O–H groups in total. The Morgan fingerprint density at radius 3 is 2.86 bits per heavy atom. The van der Waals surface area contributed by atoms with Crippen LogP contribution in [0, 0.1) is 6.92 Å². The molecule has 2 aromatic heterocycles. The van der Waals surface area contributed by atoms with Crippen molar-refractivity contribution in [3.05, 3.63) is 23.8 Å². The Hall–Kier alpha value is -1.69. The second-order valence-electron chi connectivity index (χ2n) is 3.11. The van der Waals surface area contributed by atoms with Crippen molar-refractivity contribution in [1.82, 2.24) is 24.8 Å². The van der Waals surface area contributed by atoms with Crippen LogP contribution in [-0.2, 0) is 13.6 Å². The van der Waals surface area contributed by atoms with Crippen LogP contribution in [0.3, 0.4) is 0 Å². The van der Waals surface area contributed by atoms with E-state index in [1.807, 2.05) is 20.2 Å². The lowest BCUT2D eigenvalue weighted by Crippen LogP contribution is -2.07. The average molecular weight is 192 g/mol. The minimum absolute atomic E-state index is 0.418. The number of nitrogens with zero attached hydrogens (tertiary/aromatic N) is 5. The lowest BCUT2D eigenvalue weighted by atomic mass is 10.4. The fraction of sp³-hybridized carbons (Fsp3) is 0.375. The van der Waals surface area contributed by atoms with Crippen molar-refractivity contribution in [3.8, 4) is 5.69 Å². The number of nitrogens with two attached hydrogens (primary N) is 1. The molecule has 2 rings (SSSR count). The number of hydrogen-bond donors (Lipinski definition) is 1. The van der Waals surface area contributed by atoms with E-state index in [0.717, 1.165) is 17.1 Å². The van der Waals surface area contributed by atoms with Gasteiger partial charge in [0, 0.05) is 13.6 Å². The van der Waals surface area contributed by atoms with Gasteiger partial charge in [0.25, 0.3) is 0 Å². The van der Waals surface area contributed by atoms with Gasteiger partial charge in [-0.1, -0.05) is 5.21 Å². The molecule has 0 amide bonds. The first kappa shape index (κ1) is 8.89. The quantitative estimate of drug-likeness (QED) is 0.713. The molecule has 0 fully saturated rings. The van der Waals surface area contributed by atoms with Crippen molar-refractivity contribution in [2.24, 2.45) is 12.8 Å². The number of rotatable bonds is 2. The van der Waals surface area contributed by atoms with Gasteiger partial charge >= 0.3 is 0 Å². The highest BCUT2D eigenvalue weighted by molar-refractivity contribution is 5.33. The van der Waals surface area contributed by atoms with Crippen molar-refractivity contribution in [1.29, 1.82) is 0 Å². The summed E-state index contributed by atoms with van der Waals surface area (Å²) in [5.41, 5.74) is 8.27. The molecule has 0 aliphatic carbocycles. The van der Waals surface area contributed by atoms with Crippen molar-refractivity contribution < 1.29 is 0 Å². The van der Waals surface area contributed by atoms with E-state index in [4.69, 9.17) is 5.73 Å². The van der Waals surface area contributed by atoms with E-state index in [9.17, 15) is 0 Å². The van der Waals surface area contributed by atoms with Crippen LogP contribution in [0.15, 0.2) is 12.4 Å². The SMILES string of the molecule is Cc1nn(C)cc1-n1nncc1CN. The van der Waals surface area contributed by atoms with Crippen LogP contribution in [0.25, 0.3) is 5.69 Å². The summed E-state index contributed by atoms with van der Waals surface area (Å²) in [5, 5.41) is 12.0. The molecule has 0 unspecified atom stereocenters. The molecule has 0 saturated carbocycles. The van der Waals surface area contributed by atoms with E-state index in [2.05, 4.69) is 15.4 Å². The van der Waals surface area contributed by atoms with Gasteiger partial charge in [-0.25, -0.2) is 4.68 Å². The maximum absolute atomic E-state index is 5.56. The zero-order valence-electron chi connectivity index (χ0n) is 8.18. The molecule has 6 nitrogen and oxygen atoms in total. The Morgan fingerprint density at radius 2 is 2.29 bits per heavy atom. The first-order chi connectivity index (χ1) is 6.72. The molecule has 0 aliphatic heterocycles. The highest BCUT2D eigenvalue weighted by atomic mass is 15.4. The summed E-state index contributed by atoms with van der Waals surface area (Å²) < 4.78 is 3.45. The standard InChI is InChI=1S/C8H12N6/c1-6-8(5-13(2)11-6)14-7(3-9)4-10-12-14/h4-5H,3,9H2,1-2H3. The second-order valence-corrected chi connectivity index (χ2v) is 3.11. The van der Waals surface area contributed by atoms with E-state index >= 15 is 0 Å². The molecular weight excluding hydrogens is 180 g/mol. The maximum atomic E-state index is 5.56. The Kier molecular flexibility index (Phi) is 2.05. The maximum Gasteiger partial charge on any atom is 0.108 e. The summed E-state index contributed by atoms with van der Waals surface area (Å²) in [4.78, 5) is 0. The lowest BCUT2D eigenvalue weighted by Gasteiger charge is -2.00. The summed E-state index contributed by atoms with van der Waals surface area (Å²) in [6.45, 7) is 2.35. The summed E-state index contributed by atoms with van der Waals surface area (Å²) in [6.07, 6.45) is 3.55. The molecule has 6 heteroatoms. The highest BCUT2D eigenvalue weighted by Crippen LogP contribution is 2.11. The summed E-state index contributed by atoms with van der Waals surface area (Å²) in [5.74, 6) is 0. The Labute approximate surface area is 81.3 Å². The number of aryl methyl sites for hydroxylation is 2. The molecule has 0 atom stereocenters. The minimum atomic E-state index is 0.418. The smallest absolute Gasteiger partial charge is 0.108 e. The first-order valence-corrected chi connectivity index (χ1v) is 4.32. The van der Waals surface area contributed by atoms with Gasteiger partial charge in [-0.05, 0) is 6.92 Å². The number of aromatic nitrogens is 5. The summed E-state index contributed by atoms with van der Waals surface area (Å²) in [6, 6.07) is 0. The van der Waals surface area contributed by atoms with E-state index in [0.29, 0.717) is 6.54 Å². The van der Waals surface area contributed by atoms with Gasteiger partial charge in [-0.2, -0.15) is 5.10 Å².